The maximum atomic E-state index is 5.26. The third-order valence-electron chi connectivity index (χ3n) is 3.10. The molecule has 2 nitrogen and oxygen atoms in total. The van der Waals surface area contributed by atoms with Crippen LogP contribution in [-0.2, 0) is 4.74 Å². The molecule has 0 radical (unpaired) electrons. The van der Waals surface area contributed by atoms with Gasteiger partial charge in [0.1, 0.15) is 0 Å². The summed E-state index contributed by atoms with van der Waals surface area (Å²) in [6, 6.07) is 0. The van der Waals surface area contributed by atoms with Crippen LogP contribution in [0, 0.1) is 5.41 Å². The van der Waals surface area contributed by atoms with Crippen LogP contribution in [0.5, 0.6) is 0 Å². The van der Waals surface area contributed by atoms with Crippen molar-refractivity contribution in [3.05, 3.63) is 0 Å². The van der Waals surface area contributed by atoms with Crippen LogP contribution >= 0.6 is 0 Å². The number of methoxy groups -OCH3 is 1. The Labute approximate surface area is 82.3 Å². The minimum absolute atomic E-state index is 0.443. The topological polar surface area (TPSA) is 12.5 Å². The molecule has 1 aliphatic heterocycles. The van der Waals surface area contributed by atoms with E-state index >= 15 is 0 Å². The standard InChI is InChI=1S/C11H23NO/c1-4-7-12-8-5-11(2,6-9-12)10-13-3/h4-10H2,1-3H3. The van der Waals surface area contributed by atoms with E-state index in [1.54, 1.807) is 0 Å². The van der Waals surface area contributed by atoms with Gasteiger partial charge in [0.2, 0.25) is 0 Å². The van der Waals surface area contributed by atoms with E-state index < -0.39 is 0 Å². The summed E-state index contributed by atoms with van der Waals surface area (Å²) >= 11 is 0. The second kappa shape index (κ2) is 4.97. The van der Waals surface area contributed by atoms with Gasteiger partial charge in [-0.05, 0) is 44.3 Å². The first-order chi connectivity index (χ1) is 6.20. The molecule has 2 heteroatoms. The average molecular weight is 185 g/mol. The Morgan fingerprint density at radius 2 is 1.92 bits per heavy atom. The van der Waals surface area contributed by atoms with E-state index in [1.165, 1.54) is 38.9 Å². The lowest BCUT2D eigenvalue weighted by Gasteiger charge is -2.38. The van der Waals surface area contributed by atoms with E-state index in [4.69, 9.17) is 4.74 Å². The molecule has 1 saturated heterocycles. The van der Waals surface area contributed by atoms with Crippen LogP contribution < -0.4 is 0 Å². The van der Waals surface area contributed by atoms with Gasteiger partial charge in [-0.3, -0.25) is 0 Å². The Hall–Kier alpha value is -0.0800. The Bertz CT molecular complexity index is 139. The molecule has 0 bridgehead atoms. The molecule has 13 heavy (non-hydrogen) atoms. The van der Waals surface area contributed by atoms with E-state index in [1.807, 2.05) is 7.11 Å². The zero-order chi connectivity index (χ0) is 9.73. The molecule has 0 aromatic heterocycles. The summed E-state index contributed by atoms with van der Waals surface area (Å²) in [6.45, 7) is 9.31. The molecule has 0 atom stereocenters. The SMILES string of the molecule is CCCN1CCC(C)(COC)CC1. The highest BCUT2D eigenvalue weighted by atomic mass is 16.5. The molecule has 0 unspecified atom stereocenters. The molecule has 78 valence electrons. The fourth-order valence-corrected chi connectivity index (χ4v) is 2.13. The number of piperidine rings is 1. The first-order valence-corrected chi connectivity index (χ1v) is 5.41. The normalized spacial score (nSPS) is 23.3. The lowest BCUT2D eigenvalue weighted by Crippen LogP contribution is -2.40. The Balaban J connectivity index is 2.28. The van der Waals surface area contributed by atoms with Crippen molar-refractivity contribution in [3.63, 3.8) is 0 Å². The van der Waals surface area contributed by atoms with Crippen molar-refractivity contribution in [2.75, 3.05) is 33.4 Å². The zero-order valence-electron chi connectivity index (χ0n) is 9.31. The van der Waals surface area contributed by atoms with Gasteiger partial charge in [0.15, 0.2) is 0 Å². The quantitative estimate of drug-likeness (QED) is 0.665. The first-order valence-electron chi connectivity index (χ1n) is 5.41. The maximum Gasteiger partial charge on any atom is 0.0516 e. The van der Waals surface area contributed by atoms with Gasteiger partial charge in [0, 0.05) is 7.11 Å². The Morgan fingerprint density at radius 1 is 1.31 bits per heavy atom. The maximum absolute atomic E-state index is 5.26. The second-order valence-electron chi connectivity index (χ2n) is 4.59. The largest absolute Gasteiger partial charge is 0.384 e. The smallest absolute Gasteiger partial charge is 0.0516 e. The highest BCUT2D eigenvalue weighted by molar-refractivity contribution is 4.81. The molecule has 1 rings (SSSR count). The van der Waals surface area contributed by atoms with Gasteiger partial charge in [-0.25, -0.2) is 0 Å². The molecule has 0 aliphatic carbocycles. The van der Waals surface area contributed by atoms with Gasteiger partial charge in [-0.15, -0.1) is 0 Å². The summed E-state index contributed by atoms with van der Waals surface area (Å²) in [5, 5.41) is 0. The predicted molar refractivity (Wildman–Crippen MR) is 55.9 cm³/mol. The third kappa shape index (κ3) is 3.28. The van der Waals surface area contributed by atoms with Crippen LogP contribution in [0.4, 0.5) is 0 Å². The van der Waals surface area contributed by atoms with Crippen molar-refractivity contribution < 1.29 is 4.74 Å². The van der Waals surface area contributed by atoms with Crippen LogP contribution in [-0.4, -0.2) is 38.3 Å². The molecule has 1 heterocycles. The molecule has 1 fully saturated rings. The number of hydrogen-bond donors (Lipinski definition) is 0. The van der Waals surface area contributed by atoms with Gasteiger partial charge in [-0.1, -0.05) is 13.8 Å². The average Bonchev–Trinajstić information content (AvgIpc) is 2.10. The fourth-order valence-electron chi connectivity index (χ4n) is 2.13. The van der Waals surface area contributed by atoms with Gasteiger partial charge >= 0.3 is 0 Å². The van der Waals surface area contributed by atoms with Gasteiger partial charge in [0.25, 0.3) is 0 Å². The summed E-state index contributed by atoms with van der Waals surface area (Å²) in [5.41, 5.74) is 0.443. The monoisotopic (exact) mass is 185 g/mol. The number of rotatable bonds is 4. The third-order valence-corrected chi connectivity index (χ3v) is 3.10. The van der Waals surface area contributed by atoms with E-state index in [9.17, 15) is 0 Å². The van der Waals surface area contributed by atoms with Crippen LogP contribution in [0.3, 0.4) is 0 Å². The van der Waals surface area contributed by atoms with Crippen LogP contribution in [0.25, 0.3) is 0 Å². The number of ether oxygens (including phenoxy) is 1. The predicted octanol–water partition coefficient (Wildman–Crippen LogP) is 2.14. The van der Waals surface area contributed by atoms with Crippen LogP contribution in [0.2, 0.25) is 0 Å². The summed E-state index contributed by atoms with van der Waals surface area (Å²) < 4.78 is 5.26. The highest BCUT2D eigenvalue weighted by Crippen LogP contribution is 2.30. The molecule has 0 spiro atoms. The molecule has 0 aromatic rings. The molecule has 1 aliphatic rings. The van der Waals surface area contributed by atoms with E-state index in [-0.39, 0.29) is 0 Å². The first kappa shape index (κ1) is 11.0. The Morgan fingerprint density at radius 3 is 2.38 bits per heavy atom. The molecule has 0 aromatic carbocycles. The van der Waals surface area contributed by atoms with Crippen molar-refractivity contribution in [1.29, 1.82) is 0 Å². The van der Waals surface area contributed by atoms with Gasteiger partial charge in [0.05, 0.1) is 6.61 Å². The van der Waals surface area contributed by atoms with Gasteiger partial charge in [-0.2, -0.15) is 0 Å². The van der Waals surface area contributed by atoms with Crippen LogP contribution in [0.1, 0.15) is 33.1 Å². The van der Waals surface area contributed by atoms with Crippen molar-refractivity contribution >= 4 is 0 Å². The summed E-state index contributed by atoms with van der Waals surface area (Å²) in [7, 11) is 1.81. The summed E-state index contributed by atoms with van der Waals surface area (Å²) in [4.78, 5) is 2.57. The van der Waals surface area contributed by atoms with Crippen molar-refractivity contribution in [2.24, 2.45) is 5.41 Å². The summed E-state index contributed by atoms with van der Waals surface area (Å²) in [6.07, 6.45) is 3.86. The number of nitrogens with zero attached hydrogens (tertiary/aromatic N) is 1. The molecule has 0 saturated carbocycles. The van der Waals surface area contributed by atoms with E-state index in [0.717, 1.165) is 6.61 Å². The highest BCUT2D eigenvalue weighted by Gasteiger charge is 2.29. The number of hydrogen-bond acceptors (Lipinski definition) is 2. The van der Waals surface area contributed by atoms with Crippen LogP contribution in [0.15, 0.2) is 0 Å². The Kier molecular flexibility index (Phi) is 4.20. The number of likely N-dealkylation sites (tertiary alicyclic amines) is 1. The van der Waals surface area contributed by atoms with E-state index in [2.05, 4.69) is 18.7 Å². The van der Waals surface area contributed by atoms with Crippen molar-refractivity contribution in [1.82, 2.24) is 4.90 Å². The minimum atomic E-state index is 0.443. The van der Waals surface area contributed by atoms with Gasteiger partial charge < -0.3 is 9.64 Å². The lowest BCUT2D eigenvalue weighted by molar-refractivity contribution is 0.0345. The lowest BCUT2D eigenvalue weighted by atomic mass is 9.81. The molecular weight excluding hydrogens is 162 g/mol. The minimum Gasteiger partial charge on any atom is -0.384 e. The molecule has 0 amide bonds. The fraction of sp³-hybridized carbons (Fsp3) is 1.00. The zero-order valence-corrected chi connectivity index (χ0v) is 9.31. The second-order valence-corrected chi connectivity index (χ2v) is 4.59. The summed E-state index contributed by atoms with van der Waals surface area (Å²) in [5.74, 6) is 0. The molecule has 0 N–H and O–H groups in total. The van der Waals surface area contributed by atoms with Crippen molar-refractivity contribution in [2.45, 2.75) is 33.1 Å². The molecular formula is C11H23NO. The van der Waals surface area contributed by atoms with Crippen molar-refractivity contribution in [3.8, 4) is 0 Å². The van der Waals surface area contributed by atoms with E-state index in [0.29, 0.717) is 5.41 Å².